The van der Waals surface area contributed by atoms with E-state index in [-0.39, 0.29) is 18.2 Å². The number of anilines is 1. The van der Waals surface area contributed by atoms with E-state index in [2.05, 4.69) is 26.5 Å². The van der Waals surface area contributed by atoms with Gasteiger partial charge in [-0.1, -0.05) is 0 Å². The molecule has 29 heavy (non-hydrogen) atoms. The highest BCUT2D eigenvalue weighted by Crippen LogP contribution is 2.25. The molecule has 3 rings (SSSR count). The van der Waals surface area contributed by atoms with Crippen molar-refractivity contribution in [1.82, 2.24) is 4.90 Å². The largest absolute Gasteiger partial charge is 0.483 e. The second kappa shape index (κ2) is 9.99. The van der Waals surface area contributed by atoms with Gasteiger partial charge in [-0.15, -0.1) is 0 Å². The highest BCUT2D eigenvalue weighted by molar-refractivity contribution is 9.10. The van der Waals surface area contributed by atoms with Crippen LogP contribution in [0.2, 0.25) is 0 Å². The number of nitrogens with zero attached hydrogens (tertiary/aromatic N) is 3. The number of halogens is 1. The zero-order chi connectivity index (χ0) is 20.6. The third kappa shape index (κ3) is 6.00. The molecule has 0 unspecified atom stereocenters. The molecule has 2 aromatic carbocycles. The van der Waals surface area contributed by atoms with Crippen LogP contribution in [0.4, 0.5) is 11.4 Å². The molecule has 0 bridgehead atoms. The van der Waals surface area contributed by atoms with E-state index in [9.17, 15) is 14.9 Å². The first-order valence-corrected chi connectivity index (χ1v) is 9.63. The Balaban J connectivity index is 1.52. The first-order chi connectivity index (χ1) is 14.0. The van der Waals surface area contributed by atoms with E-state index in [4.69, 9.17) is 9.47 Å². The highest BCUT2D eigenvalue weighted by Gasteiger charge is 2.17. The summed E-state index contributed by atoms with van der Waals surface area (Å²) in [4.78, 5) is 24.1. The Morgan fingerprint density at radius 1 is 1.28 bits per heavy atom. The average Bonchev–Trinajstić information content (AvgIpc) is 2.74. The molecule has 10 heteroatoms. The number of rotatable bonds is 7. The topological polar surface area (TPSA) is 106 Å². The molecule has 0 aliphatic carbocycles. The van der Waals surface area contributed by atoms with Crippen LogP contribution in [0.1, 0.15) is 5.56 Å². The number of hydrazone groups is 1. The number of hydrogen-bond donors (Lipinski definition) is 1. The van der Waals surface area contributed by atoms with Gasteiger partial charge in [0.2, 0.25) is 0 Å². The quantitative estimate of drug-likeness (QED) is 0.385. The number of ether oxygens (including phenoxy) is 2. The van der Waals surface area contributed by atoms with Gasteiger partial charge in [-0.3, -0.25) is 20.3 Å². The van der Waals surface area contributed by atoms with Gasteiger partial charge in [0, 0.05) is 25.2 Å². The van der Waals surface area contributed by atoms with Gasteiger partial charge in [-0.05, 0) is 51.8 Å². The van der Waals surface area contributed by atoms with Crippen LogP contribution in [0.25, 0.3) is 0 Å². The van der Waals surface area contributed by atoms with Crippen LogP contribution in [-0.4, -0.2) is 54.9 Å². The Hall–Kier alpha value is -2.98. The van der Waals surface area contributed by atoms with Crippen molar-refractivity contribution >= 4 is 39.4 Å². The molecule has 1 heterocycles. The number of nitrogens with one attached hydrogen (secondary N) is 1. The predicted octanol–water partition coefficient (Wildman–Crippen LogP) is 3.04. The van der Waals surface area contributed by atoms with Crippen molar-refractivity contribution in [2.45, 2.75) is 0 Å². The monoisotopic (exact) mass is 462 g/mol. The molecule has 1 saturated heterocycles. The van der Waals surface area contributed by atoms with Crippen LogP contribution in [0, 0.1) is 10.1 Å². The fourth-order valence-electron chi connectivity index (χ4n) is 2.60. The lowest BCUT2D eigenvalue weighted by Crippen LogP contribution is -2.43. The van der Waals surface area contributed by atoms with Crippen molar-refractivity contribution in [3.05, 3.63) is 62.6 Å². The number of carbonyl (C=O) groups excluding carboxylic acids is 1. The molecule has 152 valence electrons. The van der Waals surface area contributed by atoms with Crippen LogP contribution >= 0.6 is 15.9 Å². The maximum absolute atomic E-state index is 12.1. The highest BCUT2D eigenvalue weighted by atomic mass is 79.9. The third-order valence-electron chi connectivity index (χ3n) is 4.16. The van der Waals surface area contributed by atoms with Gasteiger partial charge in [-0.2, -0.15) is 5.10 Å². The van der Waals surface area contributed by atoms with Crippen LogP contribution in [0.3, 0.4) is 0 Å². The summed E-state index contributed by atoms with van der Waals surface area (Å²) in [5, 5.41) is 14.8. The van der Waals surface area contributed by atoms with E-state index in [1.54, 1.807) is 35.4 Å². The minimum atomic E-state index is -0.456. The minimum Gasteiger partial charge on any atom is -0.483 e. The summed E-state index contributed by atoms with van der Waals surface area (Å²) in [6, 6.07) is 11.3. The standard InChI is InChI=1S/C19H19BrN4O5/c20-17-11-14(12-21-22-15-2-4-16(5-3-15)24(26)27)1-6-18(17)29-13-19(25)23-7-9-28-10-8-23/h1-6,11-12,22H,7-10,13H2/b21-12-. The fraction of sp³-hybridized carbons (Fsp3) is 0.263. The zero-order valence-corrected chi connectivity index (χ0v) is 17.0. The molecular weight excluding hydrogens is 444 g/mol. The number of morpholine rings is 1. The Bertz CT molecular complexity index is 898. The van der Waals surface area contributed by atoms with Crippen molar-refractivity contribution < 1.29 is 19.2 Å². The van der Waals surface area contributed by atoms with Gasteiger partial charge in [0.1, 0.15) is 5.75 Å². The molecule has 0 spiro atoms. The van der Waals surface area contributed by atoms with E-state index in [1.807, 2.05) is 6.07 Å². The second-order valence-corrected chi connectivity index (χ2v) is 7.00. The summed E-state index contributed by atoms with van der Waals surface area (Å²) < 4.78 is 11.6. The molecule has 1 aliphatic heterocycles. The normalized spacial score (nSPS) is 14.0. The van der Waals surface area contributed by atoms with Crippen molar-refractivity contribution in [3.8, 4) is 5.75 Å². The molecule has 0 aromatic heterocycles. The summed E-state index contributed by atoms with van der Waals surface area (Å²) in [6.07, 6.45) is 1.61. The fourth-order valence-corrected chi connectivity index (χ4v) is 3.11. The van der Waals surface area contributed by atoms with Crippen LogP contribution in [0.15, 0.2) is 52.0 Å². The van der Waals surface area contributed by atoms with Gasteiger partial charge in [0.05, 0.1) is 34.5 Å². The Morgan fingerprint density at radius 3 is 2.66 bits per heavy atom. The first-order valence-electron chi connectivity index (χ1n) is 8.84. The summed E-state index contributed by atoms with van der Waals surface area (Å²) in [6.45, 7) is 2.24. The van der Waals surface area contributed by atoms with Gasteiger partial charge < -0.3 is 14.4 Å². The summed E-state index contributed by atoms with van der Waals surface area (Å²) in [5.41, 5.74) is 4.27. The Kier molecular flexibility index (Phi) is 7.14. The predicted molar refractivity (Wildman–Crippen MR) is 111 cm³/mol. The lowest BCUT2D eigenvalue weighted by molar-refractivity contribution is -0.384. The molecule has 1 aliphatic rings. The van der Waals surface area contributed by atoms with Crippen molar-refractivity contribution in [2.24, 2.45) is 5.10 Å². The minimum absolute atomic E-state index is 0.0196. The average molecular weight is 463 g/mol. The van der Waals surface area contributed by atoms with E-state index in [0.29, 0.717) is 42.2 Å². The Morgan fingerprint density at radius 2 is 2.00 bits per heavy atom. The van der Waals surface area contributed by atoms with Crippen LogP contribution < -0.4 is 10.2 Å². The molecule has 0 atom stereocenters. The van der Waals surface area contributed by atoms with Gasteiger partial charge >= 0.3 is 0 Å². The summed E-state index contributed by atoms with van der Waals surface area (Å²) in [7, 11) is 0. The molecule has 2 aromatic rings. The van der Waals surface area contributed by atoms with Crippen molar-refractivity contribution in [3.63, 3.8) is 0 Å². The lowest BCUT2D eigenvalue weighted by atomic mass is 10.2. The first kappa shape index (κ1) is 20.7. The van der Waals surface area contributed by atoms with E-state index >= 15 is 0 Å². The number of nitro groups is 1. The Labute approximate surface area is 175 Å². The summed E-state index contributed by atoms with van der Waals surface area (Å²) in [5.74, 6) is 0.491. The number of benzene rings is 2. The molecular formula is C19H19BrN4O5. The lowest BCUT2D eigenvalue weighted by Gasteiger charge is -2.26. The van der Waals surface area contributed by atoms with Crippen molar-refractivity contribution in [2.75, 3.05) is 38.3 Å². The number of carbonyl (C=O) groups is 1. The maximum Gasteiger partial charge on any atom is 0.269 e. The van der Waals surface area contributed by atoms with E-state index in [0.717, 1.165) is 5.56 Å². The van der Waals surface area contributed by atoms with Crippen molar-refractivity contribution in [1.29, 1.82) is 0 Å². The molecule has 1 N–H and O–H groups in total. The number of nitro benzene ring substituents is 1. The molecule has 1 fully saturated rings. The molecule has 9 nitrogen and oxygen atoms in total. The molecule has 0 radical (unpaired) electrons. The molecule has 1 amide bonds. The maximum atomic E-state index is 12.1. The zero-order valence-electron chi connectivity index (χ0n) is 15.4. The van der Waals surface area contributed by atoms with Gasteiger partial charge in [0.15, 0.2) is 6.61 Å². The number of amides is 1. The smallest absolute Gasteiger partial charge is 0.269 e. The van der Waals surface area contributed by atoms with E-state index in [1.165, 1.54) is 12.1 Å². The SMILES string of the molecule is O=C(COc1ccc(/C=N\Nc2ccc([N+](=O)[O-])cc2)cc1Br)N1CCOCC1. The second-order valence-electron chi connectivity index (χ2n) is 6.15. The van der Waals surface area contributed by atoms with E-state index < -0.39 is 4.92 Å². The number of hydrogen-bond acceptors (Lipinski definition) is 7. The summed E-state index contributed by atoms with van der Waals surface area (Å²) >= 11 is 3.44. The third-order valence-corrected chi connectivity index (χ3v) is 4.78. The molecule has 0 saturated carbocycles. The van der Waals surface area contributed by atoms with Crippen LogP contribution in [-0.2, 0) is 9.53 Å². The van der Waals surface area contributed by atoms with Gasteiger partial charge in [-0.25, -0.2) is 0 Å². The van der Waals surface area contributed by atoms with Crippen LogP contribution in [0.5, 0.6) is 5.75 Å². The van der Waals surface area contributed by atoms with Gasteiger partial charge in [0.25, 0.3) is 11.6 Å². The number of non-ortho nitro benzene ring substituents is 1.